The van der Waals surface area contributed by atoms with Gasteiger partial charge in [0.1, 0.15) is 0 Å². The average molecular weight is 296 g/mol. The van der Waals surface area contributed by atoms with Gasteiger partial charge in [0.25, 0.3) is 0 Å². The average Bonchev–Trinajstić information content (AvgIpc) is 2.56. The van der Waals surface area contributed by atoms with E-state index in [1.54, 1.807) is 0 Å². The van der Waals surface area contributed by atoms with Crippen molar-refractivity contribution < 1.29 is 9.90 Å². The molecule has 0 spiro atoms. The second-order valence-electron chi connectivity index (χ2n) is 5.19. The topological polar surface area (TPSA) is 37.3 Å². The molecule has 0 bridgehead atoms. The molecular weight excluding hydrogens is 272 g/mol. The number of hydrogen-bond acceptors (Lipinski definition) is 1. The van der Waals surface area contributed by atoms with Gasteiger partial charge in [-0.15, -0.1) is 0 Å². The van der Waals surface area contributed by atoms with E-state index >= 15 is 0 Å². The quantitative estimate of drug-likeness (QED) is 0.738. The Hall–Kier alpha value is -2.35. The Kier molecular flexibility index (Phi) is 7.69. The lowest BCUT2D eigenvalue weighted by atomic mass is 9.89. The first-order chi connectivity index (χ1) is 10.6. The third-order valence-corrected chi connectivity index (χ3v) is 3.47. The highest BCUT2D eigenvalue weighted by atomic mass is 16.4. The maximum Gasteiger partial charge on any atom is 0.327 e. The van der Waals surface area contributed by atoms with Crippen LogP contribution in [0.3, 0.4) is 0 Å². The van der Waals surface area contributed by atoms with Crippen molar-refractivity contribution in [3.63, 3.8) is 0 Å². The third-order valence-electron chi connectivity index (χ3n) is 3.47. The number of hydrogen-bond donors (Lipinski definition) is 1. The van der Waals surface area contributed by atoms with Gasteiger partial charge in [0, 0.05) is 6.08 Å². The maximum absolute atomic E-state index is 9.25. The highest BCUT2D eigenvalue weighted by molar-refractivity contribution is 5.78. The predicted molar refractivity (Wildman–Crippen MR) is 93.0 cm³/mol. The first-order valence-electron chi connectivity index (χ1n) is 7.59. The summed E-state index contributed by atoms with van der Waals surface area (Å²) in [7, 11) is 0. The Morgan fingerprint density at radius 2 is 1.68 bits per heavy atom. The molecule has 2 aromatic rings. The van der Waals surface area contributed by atoms with Crippen LogP contribution in [0.15, 0.2) is 67.3 Å². The summed E-state index contributed by atoms with van der Waals surface area (Å²) >= 11 is 0. The molecule has 0 heterocycles. The van der Waals surface area contributed by atoms with E-state index in [2.05, 4.69) is 75.0 Å². The molecule has 0 amide bonds. The molecule has 2 nitrogen and oxygen atoms in total. The Balaban J connectivity index is 0.000000422. The minimum atomic E-state index is -0.981. The highest BCUT2D eigenvalue weighted by Gasteiger charge is 2.10. The second-order valence-corrected chi connectivity index (χ2v) is 5.19. The van der Waals surface area contributed by atoms with Crippen molar-refractivity contribution in [1.82, 2.24) is 0 Å². The fourth-order valence-electron chi connectivity index (χ4n) is 2.40. The van der Waals surface area contributed by atoms with Gasteiger partial charge >= 0.3 is 5.97 Å². The number of carbonyl (C=O) groups is 1. The van der Waals surface area contributed by atoms with E-state index in [0.717, 1.165) is 6.08 Å². The van der Waals surface area contributed by atoms with Crippen LogP contribution < -0.4 is 0 Å². The molecule has 0 saturated heterocycles. The zero-order valence-electron chi connectivity index (χ0n) is 13.3. The first kappa shape index (κ1) is 17.7. The van der Waals surface area contributed by atoms with Crippen molar-refractivity contribution in [1.29, 1.82) is 0 Å². The Labute approximate surface area is 133 Å². The Morgan fingerprint density at radius 1 is 1.14 bits per heavy atom. The number of rotatable bonds is 5. The number of benzene rings is 2. The van der Waals surface area contributed by atoms with Gasteiger partial charge in [0.15, 0.2) is 0 Å². The standard InChI is InChI=1S/C17H20.C3H4O2/c1-3-9-14(2)16-12-7-8-13-17(16)15-10-5-4-6-11-15;1-2-3(4)5/h4-8,10-14H,3,9H2,1-2H3;2H,1H2,(H,4,5). The molecule has 116 valence electrons. The molecule has 2 heteroatoms. The Morgan fingerprint density at radius 3 is 2.23 bits per heavy atom. The van der Waals surface area contributed by atoms with Crippen molar-refractivity contribution >= 4 is 5.97 Å². The SMILES string of the molecule is C=CC(=O)O.CCCC(C)c1ccccc1-c1ccccc1. The zero-order chi connectivity index (χ0) is 16.4. The van der Waals surface area contributed by atoms with Gasteiger partial charge in [-0.1, -0.05) is 81.4 Å². The summed E-state index contributed by atoms with van der Waals surface area (Å²) in [6, 6.07) is 19.4. The van der Waals surface area contributed by atoms with E-state index in [9.17, 15) is 4.79 Å². The fraction of sp³-hybridized carbons (Fsp3) is 0.250. The van der Waals surface area contributed by atoms with E-state index in [-0.39, 0.29) is 0 Å². The maximum atomic E-state index is 9.25. The van der Waals surface area contributed by atoms with Crippen LogP contribution in [0, 0.1) is 0 Å². The molecule has 22 heavy (non-hydrogen) atoms. The minimum absolute atomic E-state index is 0.636. The second kappa shape index (κ2) is 9.56. The smallest absolute Gasteiger partial charge is 0.327 e. The van der Waals surface area contributed by atoms with Crippen LogP contribution in [-0.4, -0.2) is 11.1 Å². The van der Waals surface area contributed by atoms with Crippen molar-refractivity contribution in [2.75, 3.05) is 0 Å². The monoisotopic (exact) mass is 296 g/mol. The number of aliphatic carboxylic acids is 1. The lowest BCUT2D eigenvalue weighted by Crippen LogP contribution is -1.96. The predicted octanol–water partition coefficient (Wildman–Crippen LogP) is 5.51. The number of carboxylic acids is 1. The lowest BCUT2D eigenvalue weighted by Gasteiger charge is -2.16. The van der Waals surface area contributed by atoms with Crippen molar-refractivity contribution in [2.45, 2.75) is 32.6 Å². The van der Waals surface area contributed by atoms with Crippen molar-refractivity contribution in [2.24, 2.45) is 0 Å². The number of carboxylic acid groups (broad SMARTS) is 1. The van der Waals surface area contributed by atoms with Crippen LogP contribution in [0.1, 0.15) is 38.2 Å². The van der Waals surface area contributed by atoms with E-state index < -0.39 is 5.97 Å². The van der Waals surface area contributed by atoms with Crippen LogP contribution in [0.4, 0.5) is 0 Å². The summed E-state index contributed by atoms with van der Waals surface area (Å²) in [6.45, 7) is 7.54. The molecule has 0 aromatic heterocycles. The molecule has 0 aliphatic carbocycles. The van der Waals surface area contributed by atoms with E-state index in [0.29, 0.717) is 5.92 Å². The normalized spacial score (nSPS) is 11.0. The molecule has 1 atom stereocenters. The summed E-state index contributed by atoms with van der Waals surface area (Å²) < 4.78 is 0. The van der Waals surface area contributed by atoms with Crippen LogP contribution in [0.25, 0.3) is 11.1 Å². The van der Waals surface area contributed by atoms with E-state index in [1.165, 1.54) is 29.5 Å². The van der Waals surface area contributed by atoms with Gasteiger partial charge in [0.2, 0.25) is 0 Å². The third kappa shape index (κ3) is 5.57. The van der Waals surface area contributed by atoms with Gasteiger partial charge in [-0.05, 0) is 29.0 Å². The molecule has 0 fully saturated rings. The van der Waals surface area contributed by atoms with Crippen molar-refractivity contribution in [3.8, 4) is 11.1 Å². The van der Waals surface area contributed by atoms with Gasteiger partial charge in [-0.2, -0.15) is 0 Å². The van der Waals surface area contributed by atoms with Crippen LogP contribution in [0.5, 0.6) is 0 Å². The van der Waals surface area contributed by atoms with Crippen molar-refractivity contribution in [3.05, 3.63) is 72.8 Å². The Bertz CT molecular complexity index is 588. The molecule has 1 unspecified atom stereocenters. The molecular formula is C20H24O2. The van der Waals surface area contributed by atoms with Gasteiger partial charge in [-0.25, -0.2) is 4.79 Å². The van der Waals surface area contributed by atoms with Crippen LogP contribution in [0.2, 0.25) is 0 Å². The first-order valence-corrected chi connectivity index (χ1v) is 7.59. The molecule has 0 aliphatic heterocycles. The minimum Gasteiger partial charge on any atom is -0.478 e. The summed E-state index contributed by atoms with van der Waals surface area (Å²) in [6.07, 6.45) is 3.33. The summed E-state index contributed by atoms with van der Waals surface area (Å²) in [5.74, 6) is -0.346. The largest absolute Gasteiger partial charge is 0.478 e. The summed E-state index contributed by atoms with van der Waals surface area (Å²) in [4.78, 5) is 9.25. The van der Waals surface area contributed by atoms with E-state index in [4.69, 9.17) is 5.11 Å². The molecule has 0 aliphatic rings. The lowest BCUT2D eigenvalue weighted by molar-refractivity contribution is -0.131. The summed E-state index contributed by atoms with van der Waals surface area (Å²) in [5, 5.41) is 7.60. The van der Waals surface area contributed by atoms with Crippen LogP contribution >= 0.6 is 0 Å². The van der Waals surface area contributed by atoms with Crippen LogP contribution in [-0.2, 0) is 4.79 Å². The summed E-state index contributed by atoms with van der Waals surface area (Å²) in [5.41, 5.74) is 4.18. The molecule has 2 aromatic carbocycles. The molecule has 0 radical (unpaired) electrons. The zero-order valence-corrected chi connectivity index (χ0v) is 13.3. The van der Waals surface area contributed by atoms with Gasteiger partial charge < -0.3 is 5.11 Å². The van der Waals surface area contributed by atoms with Gasteiger partial charge in [0.05, 0.1) is 0 Å². The highest BCUT2D eigenvalue weighted by Crippen LogP contribution is 2.31. The molecule has 1 N–H and O–H groups in total. The molecule has 2 rings (SSSR count). The fourth-order valence-corrected chi connectivity index (χ4v) is 2.40. The van der Waals surface area contributed by atoms with E-state index in [1.807, 2.05) is 0 Å². The molecule has 0 saturated carbocycles. The van der Waals surface area contributed by atoms with Gasteiger partial charge in [-0.3, -0.25) is 0 Å².